The molecule has 2 rings (SSSR count). The van der Waals surface area contributed by atoms with Crippen LogP contribution in [0.2, 0.25) is 0 Å². The van der Waals surface area contributed by atoms with Crippen LogP contribution < -0.4 is 0 Å². The largest absolute Gasteiger partial charge is 0.393 e. The molecule has 0 radical (unpaired) electrons. The zero-order valence-corrected chi connectivity index (χ0v) is 6.42. The van der Waals surface area contributed by atoms with Crippen LogP contribution in [0.15, 0.2) is 0 Å². The fraction of sp³-hybridized carbons (Fsp3) is 1.00. The molecule has 2 aliphatic carbocycles. The summed E-state index contributed by atoms with van der Waals surface area (Å²) in [6.45, 7) is 0. The Bertz CT molecular complexity index is 99.9. The molecule has 10 heavy (non-hydrogen) atoms. The molecule has 1 nitrogen and oxygen atoms in total. The highest BCUT2D eigenvalue weighted by Gasteiger charge is 2.34. The monoisotopic (exact) mass is 140 g/mol. The maximum Gasteiger partial charge on any atom is 0.0596 e. The Labute approximate surface area is 62.4 Å². The molecule has 2 fully saturated rings. The van der Waals surface area contributed by atoms with Crippen molar-refractivity contribution in [3.8, 4) is 0 Å². The van der Waals surface area contributed by atoms with Crippen molar-refractivity contribution in [2.24, 2.45) is 11.8 Å². The van der Waals surface area contributed by atoms with Gasteiger partial charge in [-0.05, 0) is 37.5 Å². The Balaban J connectivity index is 1.79. The lowest BCUT2D eigenvalue weighted by Gasteiger charge is -2.39. The van der Waals surface area contributed by atoms with Gasteiger partial charge in [0.2, 0.25) is 0 Å². The van der Waals surface area contributed by atoms with Gasteiger partial charge in [-0.15, -0.1) is 0 Å². The summed E-state index contributed by atoms with van der Waals surface area (Å²) in [6, 6.07) is 0. The van der Waals surface area contributed by atoms with Gasteiger partial charge in [0, 0.05) is 0 Å². The van der Waals surface area contributed by atoms with Crippen molar-refractivity contribution in [3.05, 3.63) is 0 Å². The third-order valence-corrected chi connectivity index (χ3v) is 3.27. The SMILES string of the molecule is OC(C1CCC1)C1CCC1. The second kappa shape index (κ2) is 2.54. The van der Waals surface area contributed by atoms with Gasteiger partial charge in [0.25, 0.3) is 0 Å². The smallest absolute Gasteiger partial charge is 0.0596 e. The van der Waals surface area contributed by atoms with Crippen molar-refractivity contribution in [3.63, 3.8) is 0 Å². The second-order valence-electron chi connectivity index (χ2n) is 3.87. The predicted molar refractivity (Wildman–Crippen MR) is 40.7 cm³/mol. The Kier molecular flexibility index (Phi) is 1.69. The van der Waals surface area contributed by atoms with E-state index >= 15 is 0 Å². The summed E-state index contributed by atoms with van der Waals surface area (Å²) in [4.78, 5) is 0. The molecule has 0 bridgehead atoms. The van der Waals surface area contributed by atoms with Gasteiger partial charge in [-0.25, -0.2) is 0 Å². The number of rotatable bonds is 2. The van der Waals surface area contributed by atoms with Crippen molar-refractivity contribution in [1.82, 2.24) is 0 Å². The standard InChI is InChI=1S/C9H16O/c10-9(7-3-1-4-7)8-5-2-6-8/h7-10H,1-6H2. The van der Waals surface area contributed by atoms with Gasteiger partial charge in [0.15, 0.2) is 0 Å². The van der Waals surface area contributed by atoms with Crippen LogP contribution >= 0.6 is 0 Å². The van der Waals surface area contributed by atoms with E-state index in [-0.39, 0.29) is 6.10 Å². The topological polar surface area (TPSA) is 20.2 Å². The van der Waals surface area contributed by atoms with Crippen molar-refractivity contribution >= 4 is 0 Å². The van der Waals surface area contributed by atoms with E-state index in [2.05, 4.69) is 0 Å². The summed E-state index contributed by atoms with van der Waals surface area (Å²) < 4.78 is 0. The molecule has 0 aliphatic heterocycles. The molecule has 1 heteroatoms. The first kappa shape index (κ1) is 6.66. The van der Waals surface area contributed by atoms with Crippen LogP contribution in [0, 0.1) is 11.8 Å². The van der Waals surface area contributed by atoms with Gasteiger partial charge in [0.1, 0.15) is 0 Å². The Morgan fingerprint density at radius 1 is 0.900 bits per heavy atom. The van der Waals surface area contributed by atoms with E-state index in [9.17, 15) is 5.11 Å². The molecule has 0 aromatic heterocycles. The van der Waals surface area contributed by atoms with Crippen LogP contribution in [0.1, 0.15) is 38.5 Å². The van der Waals surface area contributed by atoms with Crippen LogP contribution in [-0.2, 0) is 0 Å². The fourth-order valence-electron chi connectivity index (χ4n) is 1.95. The highest BCUT2D eigenvalue weighted by Crippen LogP contribution is 2.39. The summed E-state index contributed by atoms with van der Waals surface area (Å²) in [5.74, 6) is 1.37. The Hall–Kier alpha value is -0.0400. The van der Waals surface area contributed by atoms with Gasteiger partial charge in [-0.3, -0.25) is 0 Å². The normalized spacial score (nSPS) is 28.2. The molecule has 0 aromatic rings. The Morgan fingerprint density at radius 3 is 1.50 bits per heavy atom. The highest BCUT2D eigenvalue weighted by atomic mass is 16.3. The molecule has 2 aliphatic rings. The van der Waals surface area contributed by atoms with Gasteiger partial charge in [-0.2, -0.15) is 0 Å². The van der Waals surface area contributed by atoms with E-state index in [1.807, 2.05) is 0 Å². The molecule has 0 unspecified atom stereocenters. The summed E-state index contributed by atoms with van der Waals surface area (Å²) in [5.41, 5.74) is 0. The second-order valence-corrected chi connectivity index (χ2v) is 3.87. The van der Waals surface area contributed by atoms with Crippen molar-refractivity contribution in [1.29, 1.82) is 0 Å². The minimum absolute atomic E-state index is 0.0718. The number of aliphatic hydroxyl groups excluding tert-OH is 1. The predicted octanol–water partition coefficient (Wildman–Crippen LogP) is 1.95. The first-order valence-corrected chi connectivity index (χ1v) is 4.56. The summed E-state index contributed by atoms with van der Waals surface area (Å²) in [6.07, 6.45) is 7.94. The third-order valence-electron chi connectivity index (χ3n) is 3.27. The van der Waals surface area contributed by atoms with Crippen molar-refractivity contribution < 1.29 is 5.11 Å². The van der Waals surface area contributed by atoms with E-state index in [4.69, 9.17) is 0 Å². The quantitative estimate of drug-likeness (QED) is 0.621. The Morgan fingerprint density at radius 2 is 1.30 bits per heavy atom. The molecule has 0 atom stereocenters. The molecule has 0 aromatic carbocycles. The maximum absolute atomic E-state index is 9.69. The van der Waals surface area contributed by atoms with Crippen molar-refractivity contribution in [2.45, 2.75) is 44.6 Å². The van der Waals surface area contributed by atoms with E-state index in [1.54, 1.807) is 0 Å². The molecule has 2 saturated carbocycles. The van der Waals surface area contributed by atoms with Crippen LogP contribution in [0.25, 0.3) is 0 Å². The summed E-state index contributed by atoms with van der Waals surface area (Å²) >= 11 is 0. The van der Waals surface area contributed by atoms with Gasteiger partial charge >= 0.3 is 0 Å². The first-order valence-electron chi connectivity index (χ1n) is 4.56. The zero-order chi connectivity index (χ0) is 6.97. The van der Waals surface area contributed by atoms with E-state index in [0.717, 1.165) is 0 Å². The van der Waals surface area contributed by atoms with Gasteiger partial charge in [-0.1, -0.05) is 12.8 Å². The van der Waals surface area contributed by atoms with E-state index in [1.165, 1.54) is 38.5 Å². The minimum atomic E-state index is 0.0718. The average Bonchev–Trinajstić information content (AvgIpc) is 1.52. The van der Waals surface area contributed by atoms with Crippen LogP contribution in [0.5, 0.6) is 0 Å². The number of hydrogen-bond donors (Lipinski definition) is 1. The third kappa shape index (κ3) is 0.968. The fourth-order valence-corrected chi connectivity index (χ4v) is 1.95. The summed E-state index contributed by atoms with van der Waals surface area (Å²) in [7, 11) is 0. The lowest BCUT2D eigenvalue weighted by atomic mass is 9.70. The molecular formula is C9H16O. The average molecular weight is 140 g/mol. The lowest BCUT2D eigenvalue weighted by Crippen LogP contribution is -2.36. The molecule has 0 saturated heterocycles. The van der Waals surface area contributed by atoms with Crippen LogP contribution in [0.3, 0.4) is 0 Å². The van der Waals surface area contributed by atoms with Gasteiger partial charge in [0.05, 0.1) is 6.10 Å². The first-order chi connectivity index (χ1) is 4.88. The molecule has 58 valence electrons. The number of hydrogen-bond acceptors (Lipinski definition) is 1. The molecule has 0 spiro atoms. The zero-order valence-electron chi connectivity index (χ0n) is 6.42. The van der Waals surface area contributed by atoms with Crippen molar-refractivity contribution in [2.75, 3.05) is 0 Å². The lowest BCUT2D eigenvalue weighted by molar-refractivity contribution is -0.0137. The maximum atomic E-state index is 9.69. The molecule has 0 heterocycles. The highest BCUT2D eigenvalue weighted by molar-refractivity contribution is 4.85. The summed E-state index contributed by atoms with van der Waals surface area (Å²) in [5, 5.41) is 9.69. The van der Waals surface area contributed by atoms with Gasteiger partial charge < -0.3 is 5.11 Å². The van der Waals surface area contributed by atoms with E-state index < -0.39 is 0 Å². The van der Waals surface area contributed by atoms with E-state index in [0.29, 0.717) is 11.8 Å². The molecule has 1 N–H and O–H groups in total. The molecular weight excluding hydrogens is 124 g/mol. The number of aliphatic hydroxyl groups is 1. The van der Waals surface area contributed by atoms with Crippen LogP contribution in [-0.4, -0.2) is 11.2 Å². The molecule has 0 amide bonds. The minimum Gasteiger partial charge on any atom is -0.393 e. The van der Waals surface area contributed by atoms with Crippen LogP contribution in [0.4, 0.5) is 0 Å².